The van der Waals surface area contributed by atoms with Crippen LogP contribution in [0.1, 0.15) is 27.2 Å². The number of piperidine rings is 1. The fourth-order valence-electron chi connectivity index (χ4n) is 1.83. The normalized spacial score (nSPS) is 27.6. The van der Waals surface area contributed by atoms with Gasteiger partial charge in [-0.05, 0) is 27.8 Å². The van der Waals surface area contributed by atoms with Crippen LogP contribution in [-0.4, -0.2) is 48.9 Å². The molecule has 0 aromatic heterocycles. The van der Waals surface area contributed by atoms with E-state index < -0.39 is 17.9 Å². The maximum Gasteiger partial charge on any atom is 0.407 e. The van der Waals surface area contributed by atoms with Crippen LogP contribution < -0.4 is 5.32 Å². The van der Waals surface area contributed by atoms with Crippen LogP contribution in [0, 0.1) is 0 Å². The number of likely N-dealkylation sites (tertiary alicyclic amines) is 1. The summed E-state index contributed by atoms with van der Waals surface area (Å²) in [6.45, 7) is 6.51. The Labute approximate surface area is 96.1 Å². The standard InChI is InChI=1S/C11H21FN2O2/c1-11(2,3)16-10(15)13-9-5-8(12)6-14(4)7-9/h8-9H,5-7H2,1-4H3,(H,13,15)/t8-,9-/m1/s1. The Hall–Kier alpha value is -0.840. The number of hydrogen-bond acceptors (Lipinski definition) is 3. The van der Waals surface area contributed by atoms with Gasteiger partial charge in [-0.1, -0.05) is 0 Å². The van der Waals surface area contributed by atoms with Crippen LogP contribution in [0.25, 0.3) is 0 Å². The predicted molar refractivity (Wildman–Crippen MR) is 60.2 cm³/mol. The Morgan fingerprint density at radius 1 is 1.44 bits per heavy atom. The van der Waals surface area contributed by atoms with Gasteiger partial charge >= 0.3 is 6.09 Å². The molecule has 0 saturated carbocycles. The molecule has 1 saturated heterocycles. The van der Waals surface area contributed by atoms with Crippen LogP contribution in [0.3, 0.4) is 0 Å². The molecule has 0 radical (unpaired) electrons. The molecule has 1 aliphatic rings. The van der Waals surface area contributed by atoms with Crippen molar-refractivity contribution in [2.75, 3.05) is 20.1 Å². The topological polar surface area (TPSA) is 41.6 Å². The summed E-state index contributed by atoms with van der Waals surface area (Å²) in [7, 11) is 1.84. The molecular weight excluding hydrogens is 211 g/mol. The van der Waals surface area contributed by atoms with Gasteiger partial charge in [0, 0.05) is 25.6 Å². The molecule has 94 valence electrons. The maximum absolute atomic E-state index is 13.2. The average molecular weight is 232 g/mol. The highest BCUT2D eigenvalue weighted by molar-refractivity contribution is 5.68. The fraction of sp³-hybridized carbons (Fsp3) is 0.909. The van der Waals surface area contributed by atoms with Gasteiger partial charge in [0.1, 0.15) is 11.8 Å². The quantitative estimate of drug-likeness (QED) is 0.746. The number of carbonyl (C=O) groups is 1. The number of halogens is 1. The van der Waals surface area contributed by atoms with Crippen molar-refractivity contribution in [1.29, 1.82) is 0 Å². The molecule has 1 rings (SSSR count). The van der Waals surface area contributed by atoms with Gasteiger partial charge in [-0.2, -0.15) is 0 Å². The highest BCUT2D eigenvalue weighted by Crippen LogP contribution is 2.13. The maximum atomic E-state index is 13.2. The third kappa shape index (κ3) is 4.79. The van der Waals surface area contributed by atoms with E-state index >= 15 is 0 Å². The first-order valence-corrected chi connectivity index (χ1v) is 5.58. The van der Waals surface area contributed by atoms with Crippen LogP contribution in [0.2, 0.25) is 0 Å². The predicted octanol–water partition coefficient (Wildman–Crippen LogP) is 1.55. The van der Waals surface area contributed by atoms with Gasteiger partial charge in [-0.15, -0.1) is 0 Å². The molecule has 0 aromatic rings. The Balaban J connectivity index is 2.39. The summed E-state index contributed by atoms with van der Waals surface area (Å²) >= 11 is 0. The SMILES string of the molecule is CN1C[C@H](F)C[C@@H](NC(=O)OC(C)(C)C)C1. The Bertz CT molecular complexity index is 243. The molecule has 1 heterocycles. The van der Waals surface area contributed by atoms with Crippen LogP contribution in [-0.2, 0) is 4.74 Å². The van der Waals surface area contributed by atoms with Gasteiger partial charge in [0.2, 0.25) is 0 Å². The van der Waals surface area contributed by atoms with Gasteiger partial charge in [-0.3, -0.25) is 0 Å². The van der Waals surface area contributed by atoms with E-state index in [4.69, 9.17) is 4.74 Å². The number of ether oxygens (including phenoxy) is 1. The molecule has 1 amide bonds. The van der Waals surface area contributed by atoms with Gasteiger partial charge in [0.15, 0.2) is 0 Å². The molecule has 1 aliphatic heterocycles. The summed E-state index contributed by atoms with van der Waals surface area (Å²) in [5.41, 5.74) is -0.514. The average Bonchev–Trinajstić information content (AvgIpc) is 1.96. The second-order valence-corrected chi connectivity index (χ2v) is 5.40. The first-order valence-electron chi connectivity index (χ1n) is 5.58. The largest absolute Gasteiger partial charge is 0.444 e. The number of nitrogens with zero attached hydrogens (tertiary/aromatic N) is 1. The number of amides is 1. The minimum atomic E-state index is -0.876. The highest BCUT2D eigenvalue weighted by Gasteiger charge is 2.27. The number of hydrogen-bond donors (Lipinski definition) is 1. The number of alkyl carbamates (subject to hydrolysis) is 1. The molecule has 0 aromatic carbocycles. The lowest BCUT2D eigenvalue weighted by molar-refractivity contribution is 0.0448. The van der Waals surface area contributed by atoms with Crippen molar-refractivity contribution >= 4 is 6.09 Å². The van der Waals surface area contributed by atoms with Crippen LogP contribution in [0.4, 0.5) is 9.18 Å². The Morgan fingerprint density at radius 2 is 2.06 bits per heavy atom. The van der Waals surface area contributed by atoms with Crippen molar-refractivity contribution < 1.29 is 13.9 Å². The summed E-state index contributed by atoms with van der Waals surface area (Å²) in [6, 6.07) is -0.163. The number of likely N-dealkylation sites (N-methyl/N-ethyl adjacent to an activating group) is 1. The van der Waals surface area contributed by atoms with Gasteiger partial charge in [-0.25, -0.2) is 9.18 Å². The van der Waals surface area contributed by atoms with Crippen molar-refractivity contribution in [3.05, 3.63) is 0 Å². The Kier molecular flexibility index (Phi) is 4.13. The third-order valence-electron chi connectivity index (χ3n) is 2.30. The number of nitrogens with one attached hydrogen (secondary N) is 1. The van der Waals surface area contributed by atoms with E-state index in [-0.39, 0.29) is 6.04 Å². The fourth-order valence-corrected chi connectivity index (χ4v) is 1.83. The zero-order valence-corrected chi connectivity index (χ0v) is 10.4. The monoisotopic (exact) mass is 232 g/mol. The van der Waals surface area contributed by atoms with Gasteiger partial charge < -0.3 is 15.0 Å². The summed E-state index contributed by atoms with van der Waals surface area (Å²) in [5.74, 6) is 0. The lowest BCUT2D eigenvalue weighted by Crippen LogP contribution is -2.51. The van der Waals surface area contributed by atoms with Crippen LogP contribution in [0.15, 0.2) is 0 Å². The molecule has 0 bridgehead atoms. The third-order valence-corrected chi connectivity index (χ3v) is 2.30. The van der Waals surface area contributed by atoms with Crippen LogP contribution in [0.5, 0.6) is 0 Å². The summed E-state index contributed by atoms with van der Waals surface area (Å²) in [4.78, 5) is 13.3. The van der Waals surface area contributed by atoms with Crippen molar-refractivity contribution in [2.24, 2.45) is 0 Å². The molecule has 0 spiro atoms. The van der Waals surface area contributed by atoms with Crippen molar-refractivity contribution in [3.63, 3.8) is 0 Å². The smallest absolute Gasteiger partial charge is 0.407 e. The van der Waals surface area contributed by atoms with E-state index in [0.29, 0.717) is 19.5 Å². The first kappa shape index (κ1) is 13.2. The summed E-state index contributed by atoms with van der Waals surface area (Å²) in [5, 5.41) is 2.69. The Morgan fingerprint density at radius 3 is 2.56 bits per heavy atom. The van der Waals surface area contributed by atoms with E-state index in [1.54, 1.807) is 20.8 Å². The van der Waals surface area contributed by atoms with E-state index in [9.17, 15) is 9.18 Å². The van der Waals surface area contributed by atoms with E-state index in [0.717, 1.165) is 0 Å². The number of carbonyl (C=O) groups excluding carboxylic acids is 1. The van der Waals surface area contributed by atoms with Crippen molar-refractivity contribution in [3.8, 4) is 0 Å². The minimum Gasteiger partial charge on any atom is -0.444 e. The van der Waals surface area contributed by atoms with E-state index in [1.165, 1.54) is 0 Å². The zero-order valence-electron chi connectivity index (χ0n) is 10.4. The second kappa shape index (κ2) is 4.99. The molecule has 4 nitrogen and oxygen atoms in total. The molecule has 2 atom stereocenters. The lowest BCUT2D eigenvalue weighted by atomic mass is 10.1. The minimum absolute atomic E-state index is 0.163. The highest BCUT2D eigenvalue weighted by atomic mass is 19.1. The zero-order chi connectivity index (χ0) is 12.3. The van der Waals surface area contributed by atoms with Crippen molar-refractivity contribution in [1.82, 2.24) is 10.2 Å². The molecular formula is C11H21FN2O2. The van der Waals surface area contributed by atoms with E-state index in [1.807, 2.05) is 11.9 Å². The van der Waals surface area contributed by atoms with E-state index in [2.05, 4.69) is 5.32 Å². The van der Waals surface area contributed by atoms with Gasteiger partial charge in [0.05, 0.1) is 0 Å². The lowest BCUT2D eigenvalue weighted by Gasteiger charge is -2.32. The van der Waals surface area contributed by atoms with Crippen molar-refractivity contribution in [2.45, 2.75) is 45.0 Å². The van der Waals surface area contributed by atoms with Gasteiger partial charge in [0.25, 0.3) is 0 Å². The second-order valence-electron chi connectivity index (χ2n) is 5.40. The molecule has 1 fully saturated rings. The summed E-state index contributed by atoms with van der Waals surface area (Å²) < 4.78 is 18.4. The molecule has 1 N–H and O–H groups in total. The van der Waals surface area contributed by atoms with Crippen LogP contribution >= 0.6 is 0 Å². The molecule has 0 aliphatic carbocycles. The number of rotatable bonds is 1. The molecule has 5 heteroatoms. The molecule has 16 heavy (non-hydrogen) atoms. The number of alkyl halides is 1. The summed E-state index contributed by atoms with van der Waals surface area (Å²) in [6.07, 6.45) is -0.984. The molecule has 0 unspecified atom stereocenters. The first-order chi connectivity index (χ1) is 7.26.